The van der Waals surface area contributed by atoms with Crippen LogP contribution in [0.5, 0.6) is 5.75 Å². The van der Waals surface area contributed by atoms with Crippen molar-refractivity contribution in [3.63, 3.8) is 0 Å². The van der Waals surface area contributed by atoms with Gasteiger partial charge in [0.15, 0.2) is 0 Å². The molecule has 1 atom stereocenters. The molecule has 3 aromatic rings. The van der Waals surface area contributed by atoms with Crippen LogP contribution in [0.15, 0.2) is 72.8 Å². The van der Waals surface area contributed by atoms with E-state index >= 15 is 0 Å². The number of hydrogen-bond donors (Lipinski definition) is 4. The highest BCUT2D eigenvalue weighted by Gasteiger charge is 2.21. The van der Waals surface area contributed by atoms with Gasteiger partial charge in [-0.1, -0.05) is 120 Å². The van der Waals surface area contributed by atoms with Gasteiger partial charge in [0.1, 0.15) is 11.8 Å². The van der Waals surface area contributed by atoms with Crippen molar-refractivity contribution in [2.75, 3.05) is 12.3 Å². The molecular formula is C39H55N3O3. The fourth-order valence-corrected chi connectivity index (χ4v) is 5.67. The van der Waals surface area contributed by atoms with Crippen molar-refractivity contribution in [2.24, 2.45) is 0 Å². The monoisotopic (exact) mass is 613 g/mol. The molecular weight excluding hydrogens is 558 g/mol. The Kier molecular flexibility index (Phi) is 16.7. The second-order valence-electron chi connectivity index (χ2n) is 12.3. The molecule has 0 heterocycles. The number of hydrogen-bond acceptors (Lipinski definition) is 4. The fourth-order valence-electron chi connectivity index (χ4n) is 5.67. The molecule has 0 aliphatic heterocycles. The first-order valence-corrected chi connectivity index (χ1v) is 17.2. The van der Waals surface area contributed by atoms with Crippen LogP contribution in [0.2, 0.25) is 0 Å². The molecule has 0 radical (unpaired) electrons. The number of amides is 2. The van der Waals surface area contributed by atoms with E-state index in [1.54, 1.807) is 24.3 Å². The predicted octanol–water partition coefficient (Wildman–Crippen LogP) is 8.31. The maximum absolute atomic E-state index is 13.4. The van der Waals surface area contributed by atoms with Crippen molar-refractivity contribution < 1.29 is 14.7 Å². The third kappa shape index (κ3) is 14.2. The molecule has 0 aliphatic carbocycles. The van der Waals surface area contributed by atoms with Gasteiger partial charge in [-0.2, -0.15) is 0 Å². The quantitative estimate of drug-likeness (QED) is 0.0676. The van der Waals surface area contributed by atoms with Gasteiger partial charge in [-0.3, -0.25) is 9.59 Å². The van der Waals surface area contributed by atoms with Gasteiger partial charge in [0.2, 0.25) is 5.91 Å². The summed E-state index contributed by atoms with van der Waals surface area (Å²) >= 11 is 0. The van der Waals surface area contributed by atoms with Crippen LogP contribution < -0.4 is 16.4 Å². The second kappa shape index (κ2) is 21.0. The summed E-state index contributed by atoms with van der Waals surface area (Å²) in [6.45, 7) is 2.88. The Labute approximate surface area is 271 Å². The molecule has 2 amide bonds. The van der Waals surface area contributed by atoms with Gasteiger partial charge >= 0.3 is 0 Å². The molecule has 0 spiro atoms. The van der Waals surface area contributed by atoms with E-state index in [9.17, 15) is 14.7 Å². The Balaban J connectivity index is 1.47. The number of nitrogen functional groups attached to an aromatic ring is 1. The lowest BCUT2D eigenvalue weighted by Crippen LogP contribution is -2.47. The molecule has 6 nitrogen and oxygen atoms in total. The van der Waals surface area contributed by atoms with Gasteiger partial charge in [-0.15, -0.1) is 0 Å². The van der Waals surface area contributed by atoms with E-state index in [1.807, 2.05) is 48.5 Å². The molecule has 0 aromatic heterocycles. The third-order valence-corrected chi connectivity index (χ3v) is 8.54. The SMILES string of the molecule is CCCCCCCCCCCCCCNC(=O)C(CCc1ccccc1)NC(=O)c1ccc(N)c(CCc2ccc(O)cc2)c1. The molecule has 244 valence electrons. The molecule has 1 unspecified atom stereocenters. The van der Waals surface area contributed by atoms with Gasteiger partial charge < -0.3 is 21.5 Å². The first-order valence-electron chi connectivity index (χ1n) is 17.2. The number of benzene rings is 3. The summed E-state index contributed by atoms with van der Waals surface area (Å²) < 4.78 is 0. The smallest absolute Gasteiger partial charge is 0.251 e. The number of carbonyl (C=O) groups is 2. The van der Waals surface area contributed by atoms with Crippen molar-refractivity contribution in [2.45, 2.75) is 116 Å². The summed E-state index contributed by atoms with van der Waals surface area (Å²) in [7, 11) is 0. The molecule has 6 heteroatoms. The minimum Gasteiger partial charge on any atom is -0.508 e. The summed E-state index contributed by atoms with van der Waals surface area (Å²) in [6, 6.07) is 21.8. The van der Waals surface area contributed by atoms with Crippen molar-refractivity contribution in [1.82, 2.24) is 10.6 Å². The number of rotatable bonds is 22. The van der Waals surface area contributed by atoms with Gasteiger partial charge in [-0.05, 0) is 79.1 Å². The number of nitrogens with two attached hydrogens (primary N) is 1. The third-order valence-electron chi connectivity index (χ3n) is 8.54. The van der Waals surface area contributed by atoms with Crippen molar-refractivity contribution in [3.8, 4) is 5.75 Å². The maximum atomic E-state index is 13.4. The first kappa shape index (κ1) is 35.7. The van der Waals surface area contributed by atoms with Crippen molar-refractivity contribution in [1.29, 1.82) is 0 Å². The number of phenolic OH excluding ortho intramolecular Hbond substituents is 1. The number of aryl methyl sites for hydroxylation is 3. The number of anilines is 1. The van der Waals surface area contributed by atoms with Crippen LogP contribution in [0.25, 0.3) is 0 Å². The average molecular weight is 614 g/mol. The van der Waals surface area contributed by atoms with Crippen LogP contribution >= 0.6 is 0 Å². The highest BCUT2D eigenvalue weighted by atomic mass is 16.3. The molecule has 0 aliphatic rings. The predicted molar refractivity (Wildman–Crippen MR) is 186 cm³/mol. The Morgan fingerprint density at radius 1 is 0.711 bits per heavy atom. The van der Waals surface area contributed by atoms with Gasteiger partial charge in [0.05, 0.1) is 0 Å². The van der Waals surface area contributed by atoms with E-state index in [2.05, 4.69) is 17.6 Å². The van der Waals surface area contributed by atoms with Crippen LogP contribution in [-0.4, -0.2) is 29.5 Å². The molecule has 0 bridgehead atoms. The number of nitrogens with one attached hydrogen (secondary N) is 2. The van der Waals surface area contributed by atoms with Crippen LogP contribution in [0.4, 0.5) is 5.69 Å². The summed E-state index contributed by atoms with van der Waals surface area (Å²) in [5, 5.41) is 15.6. The van der Waals surface area contributed by atoms with Gasteiger partial charge in [-0.25, -0.2) is 0 Å². The average Bonchev–Trinajstić information content (AvgIpc) is 3.05. The normalized spacial score (nSPS) is 11.7. The Hall–Kier alpha value is -3.80. The first-order chi connectivity index (χ1) is 22.0. The van der Waals surface area contributed by atoms with Crippen molar-refractivity contribution in [3.05, 3.63) is 95.1 Å². The van der Waals surface area contributed by atoms with Gasteiger partial charge in [0, 0.05) is 17.8 Å². The van der Waals surface area contributed by atoms with E-state index in [-0.39, 0.29) is 17.6 Å². The fraction of sp³-hybridized carbons (Fsp3) is 0.487. The molecule has 45 heavy (non-hydrogen) atoms. The summed E-state index contributed by atoms with van der Waals surface area (Å²) in [4.78, 5) is 26.6. The zero-order valence-electron chi connectivity index (χ0n) is 27.4. The van der Waals surface area contributed by atoms with E-state index in [0.29, 0.717) is 37.1 Å². The Bertz CT molecular complexity index is 1260. The highest BCUT2D eigenvalue weighted by molar-refractivity contribution is 5.98. The Morgan fingerprint density at radius 2 is 1.31 bits per heavy atom. The van der Waals surface area contributed by atoms with Crippen LogP contribution in [0.1, 0.15) is 117 Å². The zero-order valence-corrected chi connectivity index (χ0v) is 27.4. The standard InChI is InChI=1S/C39H55N3O3/c1-2-3-4-5-6-7-8-9-10-11-12-16-29-41-39(45)37(28-22-31-17-14-13-15-18-31)42-38(44)34-24-27-36(40)33(30-34)23-19-32-20-25-35(43)26-21-32/h13-15,17-18,20-21,24-27,30,37,43H,2-12,16,19,22-23,28-29,40H2,1H3,(H,41,45)(H,42,44). The second-order valence-corrected chi connectivity index (χ2v) is 12.3. The van der Waals surface area contributed by atoms with Crippen LogP contribution in [0.3, 0.4) is 0 Å². The van der Waals surface area contributed by atoms with Gasteiger partial charge in [0.25, 0.3) is 5.91 Å². The maximum Gasteiger partial charge on any atom is 0.251 e. The van der Waals surface area contributed by atoms with Crippen LogP contribution in [0, 0.1) is 0 Å². The minimum absolute atomic E-state index is 0.134. The number of aromatic hydroxyl groups is 1. The van der Waals surface area contributed by atoms with E-state index in [4.69, 9.17) is 5.73 Å². The van der Waals surface area contributed by atoms with Crippen LogP contribution in [-0.2, 0) is 24.1 Å². The summed E-state index contributed by atoms with van der Waals surface area (Å²) in [6.07, 6.45) is 17.9. The number of unbranched alkanes of at least 4 members (excludes halogenated alkanes) is 11. The molecule has 0 fully saturated rings. The van der Waals surface area contributed by atoms with E-state index in [1.165, 1.54) is 64.2 Å². The highest BCUT2D eigenvalue weighted by Crippen LogP contribution is 2.19. The van der Waals surface area contributed by atoms with Crippen molar-refractivity contribution >= 4 is 17.5 Å². The molecule has 3 aromatic carbocycles. The Morgan fingerprint density at radius 3 is 1.96 bits per heavy atom. The van der Waals surface area contributed by atoms with E-state index in [0.717, 1.165) is 36.0 Å². The summed E-state index contributed by atoms with van der Waals surface area (Å²) in [5.41, 5.74) is 10.5. The lowest BCUT2D eigenvalue weighted by atomic mass is 10.00. The zero-order chi connectivity index (χ0) is 32.1. The van der Waals surface area contributed by atoms with E-state index < -0.39 is 6.04 Å². The molecule has 0 saturated carbocycles. The lowest BCUT2D eigenvalue weighted by Gasteiger charge is -2.19. The largest absolute Gasteiger partial charge is 0.508 e. The minimum atomic E-state index is -0.631. The molecule has 5 N–H and O–H groups in total. The molecule has 0 saturated heterocycles. The topological polar surface area (TPSA) is 104 Å². The number of phenols is 1. The lowest BCUT2D eigenvalue weighted by molar-refractivity contribution is -0.123. The molecule has 3 rings (SSSR count). The number of carbonyl (C=O) groups excluding carboxylic acids is 2. The summed E-state index contributed by atoms with van der Waals surface area (Å²) in [5.74, 6) is -0.179.